The van der Waals surface area contributed by atoms with Gasteiger partial charge in [0.25, 0.3) is 5.91 Å². The lowest BCUT2D eigenvalue weighted by Crippen LogP contribution is -2.41. The van der Waals surface area contributed by atoms with Crippen LogP contribution in [0.5, 0.6) is 0 Å². The monoisotopic (exact) mass is 416 g/mol. The number of amides is 2. The molecule has 0 saturated heterocycles. The summed E-state index contributed by atoms with van der Waals surface area (Å²) >= 11 is 1.41. The number of anilines is 2. The lowest BCUT2D eigenvalue weighted by atomic mass is 10.1. The standard InChI is InChI=1S/C21H21FN2O4S/c1-14-12-19(25)23-17-4-2-3-5-18(17)24(14)20(26)13-28-21(27)10-11-29-16-8-6-15(22)7-9-16/h2-9,14H,10-13H2,1H3,(H,23,25)/t14-/m0/s1. The quantitative estimate of drug-likeness (QED) is 0.575. The zero-order valence-electron chi connectivity index (χ0n) is 15.9. The second-order valence-corrected chi connectivity index (χ2v) is 7.76. The topological polar surface area (TPSA) is 75.7 Å². The van der Waals surface area contributed by atoms with Crippen LogP contribution in [0.1, 0.15) is 19.8 Å². The van der Waals surface area contributed by atoms with E-state index < -0.39 is 12.6 Å². The summed E-state index contributed by atoms with van der Waals surface area (Å²) in [6.45, 7) is 1.38. The summed E-state index contributed by atoms with van der Waals surface area (Å²) in [4.78, 5) is 39.1. The van der Waals surface area contributed by atoms with Crippen molar-refractivity contribution in [3.8, 4) is 0 Å². The van der Waals surface area contributed by atoms with Crippen LogP contribution in [-0.2, 0) is 19.1 Å². The van der Waals surface area contributed by atoms with Crippen LogP contribution in [0, 0.1) is 5.82 Å². The minimum absolute atomic E-state index is 0.126. The smallest absolute Gasteiger partial charge is 0.307 e. The van der Waals surface area contributed by atoms with Crippen LogP contribution < -0.4 is 10.2 Å². The number of nitrogens with one attached hydrogen (secondary N) is 1. The van der Waals surface area contributed by atoms with Crippen LogP contribution in [0.2, 0.25) is 0 Å². The zero-order chi connectivity index (χ0) is 20.8. The number of para-hydroxylation sites is 2. The molecule has 8 heteroatoms. The van der Waals surface area contributed by atoms with Crippen LogP contribution in [0.3, 0.4) is 0 Å². The largest absolute Gasteiger partial charge is 0.456 e. The molecule has 0 aromatic heterocycles. The minimum Gasteiger partial charge on any atom is -0.456 e. The highest BCUT2D eigenvalue weighted by atomic mass is 32.2. The molecule has 0 bridgehead atoms. The molecule has 6 nitrogen and oxygen atoms in total. The average molecular weight is 416 g/mol. The number of hydrogen-bond donors (Lipinski definition) is 1. The highest BCUT2D eigenvalue weighted by Gasteiger charge is 2.29. The Bertz CT molecular complexity index is 904. The maximum atomic E-state index is 12.9. The van der Waals surface area contributed by atoms with Gasteiger partial charge in [-0.3, -0.25) is 14.4 Å². The SMILES string of the molecule is C[C@H]1CC(=O)Nc2ccccc2N1C(=O)COC(=O)CCSc1ccc(F)cc1. The van der Waals surface area contributed by atoms with Gasteiger partial charge in [-0.2, -0.15) is 0 Å². The van der Waals surface area contributed by atoms with E-state index in [1.807, 2.05) is 0 Å². The first kappa shape index (κ1) is 20.9. The maximum Gasteiger partial charge on any atom is 0.307 e. The first-order valence-corrected chi connectivity index (χ1v) is 10.2. The number of halogens is 1. The predicted octanol–water partition coefficient (Wildman–Crippen LogP) is 3.62. The fourth-order valence-corrected chi connectivity index (χ4v) is 3.87. The van der Waals surface area contributed by atoms with Crippen molar-refractivity contribution >= 4 is 40.9 Å². The van der Waals surface area contributed by atoms with E-state index in [1.54, 1.807) is 43.3 Å². The third-order valence-electron chi connectivity index (χ3n) is 4.37. The summed E-state index contributed by atoms with van der Waals surface area (Å²) in [6.07, 6.45) is 0.282. The van der Waals surface area contributed by atoms with E-state index in [0.717, 1.165) is 4.90 Å². The fraction of sp³-hybridized carbons (Fsp3) is 0.286. The minimum atomic E-state index is -0.488. The molecule has 0 unspecified atom stereocenters. The molecule has 2 aromatic rings. The second-order valence-electron chi connectivity index (χ2n) is 6.60. The second kappa shape index (κ2) is 9.56. The third-order valence-corrected chi connectivity index (χ3v) is 5.39. The fourth-order valence-electron chi connectivity index (χ4n) is 3.03. The van der Waals surface area contributed by atoms with Gasteiger partial charge >= 0.3 is 5.97 Å². The Morgan fingerprint density at radius 1 is 1.21 bits per heavy atom. The first-order valence-electron chi connectivity index (χ1n) is 9.19. The molecular formula is C21H21FN2O4S. The predicted molar refractivity (Wildman–Crippen MR) is 109 cm³/mol. The first-order chi connectivity index (χ1) is 13.9. The van der Waals surface area contributed by atoms with E-state index in [0.29, 0.717) is 17.1 Å². The summed E-state index contributed by atoms with van der Waals surface area (Å²) in [7, 11) is 0. The number of esters is 1. The average Bonchev–Trinajstić information content (AvgIpc) is 2.82. The van der Waals surface area contributed by atoms with Crippen LogP contribution in [0.15, 0.2) is 53.4 Å². The maximum absolute atomic E-state index is 12.9. The molecule has 1 heterocycles. The number of thioether (sulfide) groups is 1. The summed E-state index contributed by atoms with van der Waals surface area (Å²) in [5, 5.41) is 2.78. The Labute approximate surface area is 172 Å². The number of carbonyl (C=O) groups excluding carboxylic acids is 3. The van der Waals surface area contributed by atoms with Crippen LogP contribution in [0.4, 0.5) is 15.8 Å². The molecule has 3 rings (SSSR count). The van der Waals surface area contributed by atoms with E-state index in [9.17, 15) is 18.8 Å². The van der Waals surface area contributed by atoms with Crippen molar-refractivity contribution in [1.29, 1.82) is 0 Å². The van der Waals surface area contributed by atoms with Gasteiger partial charge in [0.05, 0.1) is 17.8 Å². The van der Waals surface area contributed by atoms with Gasteiger partial charge in [0.1, 0.15) is 5.82 Å². The lowest BCUT2D eigenvalue weighted by molar-refractivity contribution is -0.147. The number of rotatable bonds is 6. The number of nitrogens with zero attached hydrogens (tertiary/aromatic N) is 1. The van der Waals surface area contributed by atoms with Gasteiger partial charge in [0.2, 0.25) is 5.91 Å². The number of fused-ring (bicyclic) bond motifs is 1. The van der Waals surface area contributed by atoms with E-state index >= 15 is 0 Å². The van der Waals surface area contributed by atoms with Crippen LogP contribution in [0.25, 0.3) is 0 Å². The van der Waals surface area contributed by atoms with Gasteiger partial charge < -0.3 is 15.0 Å². The van der Waals surface area contributed by atoms with E-state index in [-0.39, 0.29) is 36.5 Å². The summed E-state index contributed by atoms with van der Waals surface area (Å²) in [6, 6.07) is 12.7. The molecule has 0 aliphatic carbocycles. The molecule has 2 aromatic carbocycles. The van der Waals surface area contributed by atoms with Crippen molar-refractivity contribution in [2.75, 3.05) is 22.6 Å². The van der Waals surface area contributed by atoms with Crippen molar-refractivity contribution in [1.82, 2.24) is 0 Å². The van der Waals surface area contributed by atoms with Crippen molar-refractivity contribution in [2.45, 2.75) is 30.7 Å². The van der Waals surface area contributed by atoms with E-state index in [2.05, 4.69) is 5.32 Å². The molecule has 1 atom stereocenters. The highest BCUT2D eigenvalue weighted by Crippen LogP contribution is 2.31. The highest BCUT2D eigenvalue weighted by molar-refractivity contribution is 7.99. The Kier molecular flexibility index (Phi) is 6.87. The molecule has 152 valence electrons. The molecule has 0 saturated carbocycles. The molecule has 2 amide bonds. The normalized spacial score (nSPS) is 15.9. The molecule has 0 radical (unpaired) electrons. The number of benzene rings is 2. The van der Waals surface area contributed by atoms with Gasteiger partial charge in [-0.05, 0) is 43.3 Å². The third kappa shape index (κ3) is 5.57. The zero-order valence-corrected chi connectivity index (χ0v) is 16.7. The van der Waals surface area contributed by atoms with Crippen molar-refractivity contribution in [3.63, 3.8) is 0 Å². The molecule has 1 N–H and O–H groups in total. The summed E-state index contributed by atoms with van der Waals surface area (Å²) in [5.74, 6) is -0.900. The molecule has 0 spiro atoms. The Hall–Kier alpha value is -2.87. The molecular weight excluding hydrogens is 395 g/mol. The van der Waals surface area contributed by atoms with E-state index in [4.69, 9.17) is 4.74 Å². The van der Waals surface area contributed by atoms with Gasteiger partial charge in [-0.25, -0.2) is 4.39 Å². The van der Waals surface area contributed by atoms with Crippen molar-refractivity contribution in [3.05, 3.63) is 54.3 Å². The van der Waals surface area contributed by atoms with Crippen molar-refractivity contribution < 1.29 is 23.5 Å². The Balaban J connectivity index is 1.53. The summed E-state index contributed by atoms with van der Waals surface area (Å²) in [5.41, 5.74) is 1.14. The van der Waals surface area contributed by atoms with Gasteiger partial charge in [-0.15, -0.1) is 11.8 Å². The van der Waals surface area contributed by atoms with Gasteiger partial charge in [0.15, 0.2) is 6.61 Å². The van der Waals surface area contributed by atoms with E-state index in [1.165, 1.54) is 28.8 Å². The number of ether oxygens (including phenoxy) is 1. The van der Waals surface area contributed by atoms with Gasteiger partial charge in [0, 0.05) is 23.1 Å². The molecule has 1 aliphatic heterocycles. The van der Waals surface area contributed by atoms with Crippen molar-refractivity contribution in [2.24, 2.45) is 0 Å². The summed E-state index contributed by atoms with van der Waals surface area (Å²) < 4.78 is 18.0. The Morgan fingerprint density at radius 3 is 2.69 bits per heavy atom. The molecule has 0 fully saturated rings. The van der Waals surface area contributed by atoms with Crippen LogP contribution >= 0.6 is 11.8 Å². The Morgan fingerprint density at radius 2 is 1.93 bits per heavy atom. The number of hydrogen-bond acceptors (Lipinski definition) is 5. The molecule has 29 heavy (non-hydrogen) atoms. The lowest BCUT2D eigenvalue weighted by Gasteiger charge is -2.27. The van der Waals surface area contributed by atoms with Crippen LogP contribution in [-0.4, -0.2) is 36.2 Å². The molecule has 1 aliphatic rings. The number of carbonyl (C=O) groups is 3. The van der Waals surface area contributed by atoms with Gasteiger partial charge in [-0.1, -0.05) is 12.1 Å².